The lowest BCUT2D eigenvalue weighted by Crippen LogP contribution is -2.32. The van der Waals surface area contributed by atoms with Crippen molar-refractivity contribution < 1.29 is 14.5 Å². The number of ether oxygens (including phenoxy) is 1. The van der Waals surface area contributed by atoms with Gasteiger partial charge >= 0.3 is 12.0 Å². The maximum atomic E-state index is 12.0. The summed E-state index contributed by atoms with van der Waals surface area (Å²) in [5.74, 6) is -0.0556. The van der Waals surface area contributed by atoms with Gasteiger partial charge in [0.25, 0.3) is 0 Å². The molecule has 0 aliphatic rings. The highest BCUT2D eigenvalue weighted by Crippen LogP contribution is 2.43. The van der Waals surface area contributed by atoms with Crippen LogP contribution in [0.1, 0.15) is 29.7 Å². The van der Waals surface area contributed by atoms with Crippen LogP contribution < -0.4 is 0 Å². The Kier molecular flexibility index (Phi) is 8.97. The largest absolute Gasteiger partial charge is 0.461 e. The van der Waals surface area contributed by atoms with E-state index in [2.05, 4.69) is 0 Å². The van der Waals surface area contributed by atoms with Crippen LogP contribution >= 0.6 is 33.2 Å². The lowest BCUT2D eigenvalue weighted by Gasteiger charge is -2.18. The Labute approximate surface area is 171 Å². The maximum Gasteiger partial charge on any atom is 0.381 e. The molecule has 2 aromatic carbocycles. The van der Waals surface area contributed by atoms with E-state index >= 15 is 0 Å². The van der Waals surface area contributed by atoms with Crippen LogP contribution in [0.5, 0.6) is 0 Å². The summed E-state index contributed by atoms with van der Waals surface area (Å²) < 4.78 is 4.88. The van der Waals surface area contributed by atoms with Crippen LogP contribution in [0.3, 0.4) is 0 Å². The lowest BCUT2D eigenvalue weighted by atomic mass is 10.1. The van der Waals surface area contributed by atoms with Crippen molar-refractivity contribution in [3.63, 3.8) is 0 Å². The fourth-order valence-electron chi connectivity index (χ4n) is 2.37. The number of nitro groups is 1. The second-order valence-electron chi connectivity index (χ2n) is 5.67. The van der Waals surface area contributed by atoms with Crippen molar-refractivity contribution in [2.75, 3.05) is 6.61 Å². The predicted molar refractivity (Wildman–Crippen MR) is 112 cm³/mol. The molecule has 0 N–H and O–H groups in total. The number of hydrogen-bond acceptors (Lipinski definition) is 6. The first kappa shape index (κ1) is 21.6. The minimum Gasteiger partial charge on any atom is -0.461 e. The van der Waals surface area contributed by atoms with Gasteiger partial charge in [-0.2, -0.15) is 0 Å². The Bertz CT molecular complexity index is 743. The zero-order chi connectivity index (χ0) is 19.6. The first-order valence-corrected chi connectivity index (χ1v) is 11.1. The molecule has 0 heterocycles. The molecule has 0 amide bonds. The van der Waals surface area contributed by atoms with Gasteiger partial charge in [0.2, 0.25) is 0 Å². The smallest absolute Gasteiger partial charge is 0.381 e. The molecular formula is C19H20ClNO4S2. The number of hydrogen-bond donors (Lipinski definition) is 0. The summed E-state index contributed by atoms with van der Waals surface area (Å²) >= 11 is 5.90. The van der Waals surface area contributed by atoms with E-state index in [4.69, 9.17) is 16.3 Å². The second-order valence-corrected chi connectivity index (χ2v) is 8.68. The quantitative estimate of drug-likeness (QED) is 0.215. The van der Waals surface area contributed by atoms with Gasteiger partial charge in [-0.25, -0.2) is 4.79 Å². The molecule has 8 heteroatoms. The van der Waals surface area contributed by atoms with Crippen molar-refractivity contribution in [1.29, 1.82) is 0 Å². The standard InChI is InChI=1S/C19H20ClNO4S2/c1-2-25-19(22)17(21(23)24)12-18(15-6-4-3-5-7-15)27-26-13-14-8-10-16(20)11-9-14/h3-11,17-18H,2,12-13H2,1H3. The van der Waals surface area contributed by atoms with Crippen molar-refractivity contribution in [3.8, 4) is 0 Å². The first-order valence-electron chi connectivity index (χ1n) is 8.39. The van der Waals surface area contributed by atoms with Gasteiger partial charge in [0.05, 0.1) is 6.61 Å². The number of rotatable bonds is 10. The van der Waals surface area contributed by atoms with E-state index in [0.29, 0.717) is 5.02 Å². The van der Waals surface area contributed by atoms with Gasteiger partial charge in [0, 0.05) is 27.4 Å². The predicted octanol–water partition coefficient (Wildman–Crippen LogP) is 5.56. The molecule has 2 rings (SSSR count). The molecule has 0 bridgehead atoms. The van der Waals surface area contributed by atoms with E-state index in [0.717, 1.165) is 16.9 Å². The van der Waals surface area contributed by atoms with Gasteiger partial charge in [-0.3, -0.25) is 10.1 Å². The maximum absolute atomic E-state index is 12.0. The fraction of sp³-hybridized carbons (Fsp3) is 0.316. The second kappa shape index (κ2) is 11.2. The molecule has 0 aliphatic heterocycles. The summed E-state index contributed by atoms with van der Waals surface area (Å²) in [6.45, 7) is 1.76. The topological polar surface area (TPSA) is 69.4 Å². The molecule has 2 atom stereocenters. The van der Waals surface area contributed by atoms with Crippen LogP contribution in [0.15, 0.2) is 54.6 Å². The first-order chi connectivity index (χ1) is 13.0. The van der Waals surface area contributed by atoms with E-state index in [1.807, 2.05) is 54.6 Å². The van der Waals surface area contributed by atoms with Crippen LogP contribution in [0.25, 0.3) is 0 Å². The van der Waals surface area contributed by atoms with Gasteiger partial charge in [0.15, 0.2) is 0 Å². The SMILES string of the molecule is CCOC(=O)C(CC(SSCc1ccc(Cl)cc1)c1ccccc1)[N+](=O)[O-]. The number of esters is 1. The minimum absolute atomic E-state index is 0.0775. The summed E-state index contributed by atoms with van der Waals surface area (Å²) in [6, 6.07) is 15.7. The fourth-order valence-corrected chi connectivity index (χ4v) is 5.26. The molecule has 0 saturated carbocycles. The third-order valence-electron chi connectivity index (χ3n) is 3.74. The molecule has 0 spiro atoms. The molecule has 27 heavy (non-hydrogen) atoms. The number of carbonyl (C=O) groups excluding carboxylic acids is 1. The molecule has 2 unspecified atom stereocenters. The Morgan fingerprint density at radius 1 is 1.19 bits per heavy atom. The average Bonchev–Trinajstić information content (AvgIpc) is 2.66. The molecule has 0 saturated heterocycles. The number of benzene rings is 2. The Morgan fingerprint density at radius 3 is 2.44 bits per heavy atom. The van der Waals surface area contributed by atoms with E-state index in [9.17, 15) is 14.9 Å². The third-order valence-corrected chi connectivity index (χ3v) is 6.74. The van der Waals surface area contributed by atoms with E-state index in [-0.39, 0.29) is 18.3 Å². The number of nitrogens with zero attached hydrogens (tertiary/aromatic N) is 1. The highest BCUT2D eigenvalue weighted by molar-refractivity contribution is 8.76. The third kappa shape index (κ3) is 7.08. The van der Waals surface area contributed by atoms with Crippen molar-refractivity contribution in [3.05, 3.63) is 80.9 Å². The van der Waals surface area contributed by atoms with Crippen molar-refractivity contribution in [2.24, 2.45) is 0 Å². The summed E-state index contributed by atoms with van der Waals surface area (Å²) in [6.07, 6.45) is 0.0775. The van der Waals surface area contributed by atoms with Crippen molar-refractivity contribution in [1.82, 2.24) is 0 Å². The van der Waals surface area contributed by atoms with Crippen LogP contribution in [0.2, 0.25) is 5.02 Å². The summed E-state index contributed by atoms with van der Waals surface area (Å²) in [7, 11) is 3.12. The monoisotopic (exact) mass is 425 g/mol. The van der Waals surface area contributed by atoms with Crippen LogP contribution in [-0.2, 0) is 15.3 Å². The molecule has 5 nitrogen and oxygen atoms in total. The van der Waals surface area contributed by atoms with Crippen molar-refractivity contribution >= 4 is 39.2 Å². The highest BCUT2D eigenvalue weighted by atomic mass is 35.5. The average molecular weight is 426 g/mol. The zero-order valence-electron chi connectivity index (χ0n) is 14.7. The normalized spacial score (nSPS) is 13.0. The van der Waals surface area contributed by atoms with Gasteiger partial charge in [-0.1, -0.05) is 75.7 Å². The van der Waals surface area contributed by atoms with Crippen LogP contribution in [0.4, 0.5) is 0 Å². The van der Waals surface area contributed by atoms with Crippen molar-refractivity contribution in [2.45, 2.75) is 30.4 Å². The summed E-state index contributed by atoms with van der Waals surface area (Å²) in [4.78, 5) is 22.8. The molecule has 0 fully saturated rings. The van der Waals surface area contributed by atoms with Crippen LogP contribution in [0, 0.1) is 10.1 Å². The number of carbonyl (C=O) groups is 1. The Balaban J connectivity index is 2.07. The summed E-state index contributed by atoms with van der Waals surface area (Å²) in [5.41, 5.74) is 2.06. The van der Waals surface area contributed by atoms with E-state index < -0.39 is 16.9 Å². The number of halogens is 1. The molecule has 0 aliphatic carbocycles. The molecule has 2 aromatic rings. The lowest BCUT2D eigenvalue weighted by molar-refractivity contribution is -0.511. The molecule has 0 aromatic heterocycles. The van der Waals surface area contributed by atoms with Gasteiger partial charge in [0.1, 0.15) is 0 Å². The van der Waals surface area contributed by atoms with Crippen LogP contribution in [-0.4, -0.2) is 23.5 Å². The van der Waals surface area contributed by atoms with E-state index in [1.54, 1.807) is 17.7 Å². The van der Waals surface area contributed by atoms with E-state index in [1.165, 1.54) is 10.8 Å². The molecular weight excluding hydrogens is 406 g/mol. The zero-order valence-corrected chi connectivity index (χ0v) is 17.1. The highest BCUT2D eigenvalue weighted by Gasteiger charge is 2.35. The Morgan fingerprint density at radius 2 is 1.85 bits per heavy atom. The minimum atomic E-state index is -1.38. The Hall–Kier alpha value is -1.70. The van der Waals surface area contributed by atoms with Gasteiger partial charge < -0.3 is 4.74 Å². The molecule has 144 valence electrons. The van der Waals surface area contributed by atoms with Gasteiger partial charge in [-0.05, 0) is 30.2 Å². The molecule has 0 radical (unpaired) electrons. The summed E-state index contributed by atoms with van der Waals surface area (Å²) in [5, 5.41) is 11.9. The van der Waals surface area contributed by atoms with Gasteiger partial charge in [-0.15, -0.1) is 0 Å².